The Morgan fingerprint density at radius 2 is 1.90 bits per heavy atom. The zero-order chi connectivity index (χ0) is 15.7. The second-order valence-electron chi connectivity index (χ2n) is 4.41. The molecule has 1 aromatic carbocycles. The summed E-state index contributed by atoms with van der Waals surface area (Å²) < 4.78 is 19.3. The summed E-state index contributed by atoms with van der Waals surface area (Å²) in [6.45, 7) is 0. The van der Waals surface area contributed by atoms with Gasteiger partial charge in [-0.3, -0.25) is 0 Å². The van der Waals surface area contributed by atoms with Crippen LogP contribution in [0.2, 0.25) is 10.2 Å². The number of nitrogens with zero attached hydrogens (tertiary/aromatic N) is 3. The Balaban J connectivity index is 2.68. The average Bonchev–Trinajstić information content (AvgIpc) is 2.42. The number of benzene rings is 1. The summed E-state index contributed by atoms with van der Waals surface area (Å²) in [6, 6.07) is 2.96. The predicted octanol–water partition coefficient (Wildman–Crippen LogP) is 3.25. The molecule has 0 radical (unpaired) electrons. The third kappa shape index (κ3) is 2.82. The molecule has 21 heavy (non-hydrogen) atoms. The van der Waals surface area contributed by atoms with E-state index in [0.29, 0.717) is 5.82 Å². The summed E-state index contributed by atoms with van der Waals surface area (Å²) in [4.78, 5) is 9.92. The van der Waals surface area contributed by atoms with Crippen LogP contribution in [0.4, 0.5) is 15.9 Å². The van der Waals surface area contributed by atoms with E-state index in [0.717, 1.165) is 0 Å². The topological polar surface area (TPSA) is 64.3 Å². The van der Waals surface area contributed by atoms with Crippen molar-refractivity contribution < 1.29 is 9.13 Å². The highest BCUT2D eigenvalue weighted by atomic mass is 35.5. The molecule has 112 valence electrons. The molecule has 5 nitrogen and oxygen atoms in total. The Hall–Kier alpha value is -1.79. The van der Waals surface area contributed by atoms with Gasteiger partial charge in [-0.1, -0.05) is 23.2 Å². The van der Waals surface area contributed by atoms with Crippen LogP contribution in [0.1, 0.15) is 0 Å². The standard InChI is InChI=1S/C13H13Cl2FN4O/c1-20(2)13-9(17)11(15)18-12(19-13)6-4-5-7(14)10(21-3)8(6)16/h4-5H,17H2,1-3H3. The summed E-state index contributed by atoms with van der Waals surface area (Å²) in [5.41, 5.74) is 6.17. The number of anilines is 2. The summed E-state index contributed by atoms with van der Waals surface area (Å²) >= 11 is 11.9. The van der Waals surface area contributed by atoms with E-state index in [-0.39, 0.29) is 33.0 Å². The molecule has 0 saturated carbocycles. The fourth-order valence-corrected chi connectivity index (χ4v) is 2.17. The van der Waals surface area contributed by atoms with Crippen LogP contribution in [-0.4, -0.2) is 31.2 Å². The highest BCUT2D eigenvalue weighted by Gasteiger charge is 2.19. The van der Waals surface area contributed by atoms with Crippen LogP contribution in [0.3, 0.4) is 0 Å². The van der Waals surface area contributed by atoms with Gasteiger partial charge in [0.25, 0.3) is 0 Å². The smallest absolute Gasteiger partial charge is 0.177 e. The first-order valence-corrected chi connectivity index (χ1v) is 6.65. The molecule has 0 saturated heterocycles. The van der Waals surface area contributed by atoms with Crippen molar-refractivity contribution in [3.05, 3.63) is 28.1 Å². The molecule has 8 heteroatoms. The van der Waals surface area contributed by atoms with Gasteiger partial charge >= 0.3 is 0 Å². The Morgan fingerprint density at radius 3 is 2.48 bits per heavy atom. The van der Waals surface area contributed by atoms with Crippen molar-refractivity contribution >= 4 is 34.7 Å². The number of nitrogen functional groups attached to an aromatic ring is 1. The van der Waals surface area contributed by atoms with Crippen LogP contribution in [-0.2, 0) is 0 Å². The minimum Gasteiger partial charge on any atom is -0.492 e. The monoisotopic (exact) mass is 330 g/mol. The molecule has 0 fully saturated rings. The number of hydrogen-bond acceptors (Lipinski definition) is 5. The van der Waals surface area contributed by atoms with E-state index in [2.05, 4.69) is 9.97 Å². The lowest BCUT2D eigenvalue weighted by Crippen LogP contribution is -2.15. The molecule has 0 amide bonds. The van der Waals surface area contributed by atoms with Crippen LogP contribution in [0.25, 0.3) is 11.4 Å². The van der Waals surface area contributed by atoms with Gasteiger partial charge in [-0.25, -0.2) is 14.4 Å². The summed E-state index contributed by atoms with van der Waals surface area (Å²) in [6.07, 6.45) is 0. The fourth-order valence-electron chi connectivity index (χ4n) is 1.78. The van der Waals surface area contributed by atoms with Gasteiger partial charge in [-0.05, 0) is 12.1 Å². The van der Waals surface area contributed by atoms with E-state index in [9.17, 15) is 4.39 Å². The molecule has 0 spiro atoms. The zero-order valence-corrected chi connectivity index (χ0v) is 13.1. The lowest BCUT2D eigenvalue weighted by atomic mass is 10.2. The molecular formula is C13H13Cl2FN4O. The largest absolute Gasteiger partial charge is 0.492 e. The van der Waals surface area contributed by atoms with E-state index in [4.69, 9.17) is 33.7 Å². The molecule has 0 aliphatic heterocycles. The fraction of sp³-hybridized carbons (Fsp3) is 0.231. The maximum absolute atomic E-state index is 14.4. The maximum atomic E-state index is 14.4. The molecular weight excluding hydrogens is 318 g/mol. The van der Waals surface area contributed by atoms with Crippen molar-refractivity contribution in [1.82, 2.24) is 9.97 Å². The van der Waals surface area contributed by atoms with Gasteiger partial charge in [0.1, 0.15) is 5.69 Å². The predicted molar refractivity (Wildman–Crippen MR) is 82.7 cm³/mol. The van der Waals surface area contributed by atoms with Crippen molar-refractivity contribution in [2.75, 3.05) is 31.8 Å². The third-order valence-electron chi connectivity index (χ3n) is 2.80. The highest BCUT2D eigenvalue weighted by Crippen LogP contribution is 2.36. The number of hydrogen-bond donors (Lipinski definition) is 1. The molecule has 1 aromatic heterocycles. The molecule has 2 rings (SSSR count). The van der Waals surface area contributed by atoms with E-state index in [1.165, 1.54) is 19.2 Å². The number of ether oxygens (including phenoxy) is 1. The lowest BCUT2D eigenvalue weighted by Gasteiger charge is -2.16. The molecule has 2 aromatic rings. The summed E-state index contributed by atoms with van der Waals surface area (Å²) in [5, 5.41) is 0.213. The van der Waals surface area contributed by atoms with E-state index >= 15 is 0 Å². The molecule has 0 aliphatic carbocycles. The Bertz CT molecular complexity index is 694. The van der Waals surface area contributed by atoms with Crippen LogP contribution in [0.5, 0.6) is 5.75 Å². The quantitative estimate of drug-likeness (QED) is 0.875. The first-order chi connectivity index (χ1) is 9.86. The van der Waals surface area contributed by atoms with E-state index in [1.54, 1.807) is 19.0 Å². The average molecular weight is 331 g/mol. The van der Waals surface area contributed by atoms with Gasteiger partial charge in [0.15, 0.2) is 28.4 Å². The van der Waals surface area contributed by atoms with Gasteiger partial charge < -0.3 is 15.4 Å². The minimum atomic E-state index is -0.657. The molecule has 2 N–H and O–H groups in total. The molecule has 0 unspecified atom stereocenters. The molecule has 1 heterocycles. The Kier molecular flexibility index (Phi) is 4.39. The number of nitrogens with two attached hydrogens (primary N) is 1. The number of halogens is 3. The normalized spacial score (nSPS) is 10.6. The second kappa shape index (κ2) is 5.91. The number of methoxy groups -OCH3 is 1. The highest BCUT2D eigenvalue weighted by molar-refractivity contribution is 6.32. The maximum Gasteiger partial charge on any atom is 0.177 e. The zero-order valence-electron chi connectivity index (χ0n) is 11.6. The minimum absolute atomic E-state index is 0.0528. The van der Waals surface area contributed by atoms with Gasteiger partial charge in [-0.15, -0.1) is 0 Å². The van der Waals surface area contributed by atoms with Crippen LogP contribution in [0.15, 0.2) is 12.1 Å². The number of rotatable bonds is 3. The first-order valence-electron chi connectivity index (χ1n) is 5.89. The van der Waals surface area contributed by atoms with Crippen LogP contribution < -0.4 is 15.4 Å². The van der Waals surface area contributed by atoms with Gasteiger partial charge in [0.2, 0.25) is 0 Å². The van der Waals surface area contributed by atoms with E-state index in [1.807, 2.05) is 0 Å². The van der Waals surface area contributed by atoms with Gasteiger partial charge in [0.05, 0.1) is 17.7 Å². The van der Waals surface area contributed by atoms with Crippen molar-refractivity contribution in [3.8, 4) is 17.1 Å². The first kappa shape index (κ1) is 15.6. The third-order valence-corrected chi connectivity index (χ3v) is 3.38. The van der Waals surface area contributed by atoms with E-state index < -0.39 is 5.82 Å². The van der Waals surface area contributed by atoms with Crippen LogP contribution in [0, 0.1) is 5.82 Å². The van der Waals surface area contributed by atoms with Gasteiger partial charge in [0, 0.05) is 14.1 Å². The number of aromatic nitrogens is 2. The summed E-state index contributed by atoms with van der Waals surface area (Å²) in [7, 11) is 4.82. The summed E-state index contributed by atoms with van der Waals surface area (Å²) in [5.74, 6) is -0.226. The second-order valence-corrected chi connectivity index (χ2v) is 5.18. The Labute approximate surface area is 131 Å². The SMILES string of the molecule is COc1c(Cl)ccc(-c2nc(Cl)c(N)c(N(C)C)n2)c1F. The van der Waals surface area contributed by atoms with Crippen molar-refractivity contribution in [2.24, 2.45) is 0 Å². The van der Waals surface area contributed by atoms with Crippen molar-refractivity contribution in [2.45, 2.75) is 0 Å². The molecule has 0 atom stereocenters. The van der Waals surface area contributed by atoms with Gasteiger partial charge in [-0.2, -0.15) is 0 Å². The van der Waals surface area contributed by atoms with Crippen LogP contribution >= 0.6 is 23.2 Å². The Morgan fingerprint density at radius 1 is 1.24 bits per heavy atom. The lowest BCUT2D eigenvalue weighted by molar-refractivity contribution is 0.387. The van der Waals surface area contributed by atoms with Crippen molar-refractivity contribution in [3.63, 3.8) is 0 Å². The van der Waals surface area contributed by atoms with Crippen molar-refractivity contribution in [1.29, 1.82) is 0 Å². The molecule has 0 bridgehead atoms. The molecule has 0 aliphatic rings.